The van der Waals surface area contributed by atoms with Gasteiger partial charge in [-0.25, -0.2) is 4.98 Å². The van der Waals surface area contributed by atoms with Crippen LogP contribution in [0.4, 0.5) is 5.82 Å². The number of aryl methyl sites for hydroxylation is 2. The molecule has 21 heavy (non-hydrogen) atoms. The van der Waals surface area contributed by atoms with Gasteiger partial charge in [0.05, 0.1) is 5.02 Å². The van der Waals surface area contributed by atoms with Crippen molar-refractivity contribution in [3.05, 3.63) is 58.7 Å². The third kappa shape index (κ3) is 5.33. The average molecular weight is 320 g/mol. The van der Waals surface area contributed by atoms with Gasteiger partial charge in [-0.3, -0.25) is 0 Å². The number of nitrogens with one attached hydrogen (secondary N) is 2. The van der Waals surface area contributed by atoms with Gasteiger partial charge in [0, 0.05) is 12.7 Å². The van der Waals surface area contributed by atoms with Crippen molar-refractivity contribution in [3.63, 3.8) is 0 Å². The number of pyridine rings is 1. The summed E-state index contributed by atoms with van der Waals surface area (Å²) in [4.78, 5) is 4.22. The van der Waals surface area contributed by atoms with Gasteiger partial charge < -0.3 is 10.6 Å². The van der Waals surface area contributed by atoms with Gasteiger partial charge in [0.25, 0.3) is 0 Å². The van der Waals surface area contributed by atoms with E-state index >= 15 is 0 Å². The molecule has 5 heteroatoms. The number of benzene rings is 1. The van der Waals surface area contributed by atoms with Gasteiger partial charge >= 0.3 is 0 Å². The topological polar surface area (TPSA) is 37.0 Å². The molecule has 0 amide bonds. The van der Waals surface area contributed by atoms with Crippen LogP contribution >= 0.6 is 23.8 Å². The van der Waals surface area contributed by atoms with E-state index in [-0.39, 0.29) is 0 Å². The first-order valence-electron chi connectivity index (χ1n) is 6.86. The lowest BCUT2D eigenvalue weighted by Crippen LogP contribution is -2.30. The summed E-state index contributed by atoms with van der Waals surface area (Å²) < 4.78 is 0. The molecule has 0 aliphatic heterocycles. The molecule has 2 aromatic rings. The summed E-state index contributed by atoms with van der Waals surface area (Å²) in [6, 6.07) is 12.3. The molecule has 0 fully saturated rings. The maximum Gasteiger partial charge on any atom is 0.171 e. The molecule has 1 heterocycles. The number of anilines is 1. The highest BCUT2D eigenvalue weighted by Gasteiger charge is 2.04. The Labute approximate surface area is 135 Å². The van der Waals surface area contributed by atoms with Gasteiger partial charge in [0.15, 0.2) is 10.9 Å². The predicted octanol–water partition coefficient (Wildman–Crippen LogP) is 3.96. The second-order valence-electron chi connectivity index (χ2n) is 4.81. The van der Waals surface area contributed by atoms with Crippen molar-refractivity contribution in [2.24, 2.45) is 0 Å². The summed E-state index contributed by atoms with van der Waals surface area (Å²) in [5, 5.41) is 7.29. The fourth-order valence-corrected chi connectivity index (χ4v) is 2.38. The predicted molar refractivity (Wildman–Crippen MR) is 93.0 cm³/mol. The third-order valence-corrected chi connectivity index (χ3v) is 3.51. The fourth-order valence-electron chi connectivity index (χ4n) is 1.92. The molecule has 110 valence electrons. The minimum Gasteiger partial charge on any atom is -0.362 e. The lowest BCUT2D eigenvalue weighted by Gasteiger charge is -2.11. The molecule has 0 bridgehead atoms. The summed E-state index contributed by atoms with van der Waals surface area (Å²) >= 11 is 11.3. The second-order valence-corrected chi connectivity index (χ2v) is 5.63. The molecule has 2 rings (SSSR count). The van der Waals surface area contributed by atoms with Gasteiger partial charge in [-0.15, -0.1) is 0 Å². The van der Waals surface area contributed by atoms with Crippen molar-refractivity contribution in [3.8, 4) is 0 Å². The quantitative estimate of drug-likeness (QED) is 0.646. The van der Waals surface area contributed by atoms with Gasteiger partial charge in [-0.1, -0.05) is 41.9 Å². The SMILES string of the molecule is Cc1cnc(NC(=S)NCCCc2ccccc2)c(Cl)c1. The van der Waals surface area contributed by atoms with Crippen LogP contribution in [-0.4, -0.2) is 16.6 Å². The van der Waals surface area contributed by atoms with E-state index in [1.807, 2.05) is 19.1 Å². The van der Waals surface area contributed by atoms with E-state index in [9.17, 15) is 0 Å². The Bertz CT molecular complexity index is 602. The molecule has 0 saturated carbocycles. The molecule has 3 nitrogen and oxygen atoms in total. The molecule has 0 radical (unpaired) electrons. The number of rotatable bonds is 5. The lowest BCUT2D eigenvalue weighted by atomic mass is 10.1. The lowest BCUT2D eigenvalue weighted by molar-refractivity contribution is 0.777. The van der Waals surface area contributed by atoms with Gasteiger partial charge in [-0.2, -0.15) is 0 Å². The fraction of sp³-hybridized carbons (Fsp3) is 0.250. The van der Waals surface area contributed by atoms with Crippen LogP contribution in [0.5, 0.6) is 0 Å². The van der Waals surface area contributed by atoms with E-state index in [0.29, 0.717) is 16.0 Å². The molecule has 1 aromatic heterocycles. The first-order chi connectivity index (χ1) is 10.1. The zero-order valence-electron chi connectivity index (χ0n) is 11.9. The Kier molecular flexibility index (Phi) is 5.96. The van der Waals surface area contributed by atoms with Crippen LogP contribution in [0.2, 0.25) is 5.02 Å². The Balaban J connectivity index is 1.72. The molecule has 0 unspecified atom stereocenters. The number of hydrogen-bond acceptors (Lipinski definition) is 2. The molecule has 0 saturated heterocycles. The monoisotopic (exact) mass is 319 g/mol. The first kappa shape index (κ1) is 15.7. The van der Waals surface area contributed by atoms with Crippen LogP contribution in [-0.2, 0) is 6.42 Å². The Morgan fingerprint density at radius 2 is 2.05 bits per heavy atom. The van der Waals surface area contributed by atoms with Crippen molar-refractivity contribution in [1.82, 2.24) is 10.3 Å². The van der Waals surface area contributed by atoms with E-state index < -0.39 is 0 Å². The van der Waals surface area contributed by atoms with Crippen molar-refractivity contribution >= 4 is 34.7 Å². The largest absolute Gasteiger partial charge is 0.362 e. The molecule has 0 atom stereocenters. The van der Waals surface area contributed by atoms with Crippen LogP contribution in [0.15, 0.2) is 42.6 Å². The number of nitrogens with zero attached hydrogens (tertiary/aromatic N) is 1. The number of halogens is 1. The summed E-state index contributed by atoms with van der Waals surface area (Å²) in [6.07, 6.45) is 3.80. The molecular formula is C16H18ClN3S. The van der Waals surface area contributed by atoms with Crippen LogP contribution in [0, 0.1) is 6.92 Å². The summed E-state index contributed by atoms with van der Waals surface area (Å²) in [7, 11) is 0. The third-order valence-electron chi connectivity index (χ3n) is 2.98. The first-order valence-corrected chi connectivity index (χ1v) is 7.64. The van der Waals surface area contributed by atoms with Crippen LogP contribution in [0.1, 0.15) is 17.5 Å². The van der Waals surface area contributed by atoms with Crippen LogP contribution < -0.4 is 10.6 Å². The summed E-state index contributed by atoms with van der Waals surface area (Å²) in [6.45, 7) is 2.76. The Morgan fingerprint density at radius 1 is 1.29 bits per heavy atom. The zero-order valence-corrected chi connectivity index (χ0v) is 13.5. The highest BCUT2D eigenvalue weighted by Crippen LogP contribution is 2.19. The average Bonchev–Trinajstić information content (AvgIpc) is 2.48. The van der Waals surface area contributed by atoms with Gasteiger partial charge in [0.1, 0.15) is 0 Å². The maximum absolute atomic E-state index is 6.10. The molecule has 0 aliphatic rings. The van der Waals surface area contributed by atoms with E-state index in [1.54, 1.807) is 6.20 Å². The van der Waals surface area contributed by atoms with Gasteiger partial charge in [0.2, 0.25) is 0 Å². The van der Waals surface area contributed by atoms with Crippen molar-refractivity contribution in [2.45, 2.75) is 19.8 Å². The van der Waals surface area contributed by atoms with Crippen LogP contribution in [0.3, 0.4) is 0 Å². The second kappa shape index (κ2) is 7.96. The maximum atomic E-state index is 6.10. The van der Waals surface area contributed by atoms with Crippen molar-refractivity contribution < 1.29 is 0 Å². The molecule has 0 aliphatic carbocycles. The van der Waals surface area contributed by atoms with Crippen molar-refractivity contribution in [2.75, 3.05) is 11.9 Å². The number of hydrogen-bond donors (Lipinski definition) is 2. The van der Waals surface area contributed by atoms with Gasteiger partial charge in [-0.05, 0) is 49.2 Å². The Hall–Kier alpha value is -1.65. The minimum atomic E-state index is 0.543. The number of aromatic nitrogens is 1. The Morgan fingerprint density at radius 3 is 2.76 bits per heavy atom. The van der Waals surface area contributed by atoms with E-state index in [1.165, 1.54) is 5.56 Å². The van der Waals surface area contributed by atoms with E-state index in [2.05, 4.69) is 39.9 Å². The normalized spacial score (nSPS) is 10.2. The number of thiocarbonyl (C=S) groups is 1. The molecular weight excluding hydrogens is 302 g/mol. The highest BCUT2D eigenvalue weighted by molar-refractivity contribution is 7.80. The smallest absolute Gasteiger partial charge is 0.171 e. The highest BCUT2D eigenvalue weighted by atomic mass is 35.5. The van der Waals surface area contributed by atoms with E-state index in [0.717, 1.165) is 24.9 Å². The van der Waals surface area contributed by atoms with Crippen molar-refractivity contribution in [1.29, 1.82) is 0 Å². The van der Waals surface area contributed by atoms with Crippen LogP contribution in [0.25, 0.3) is 0 Å². The molecule has 1 aromatic carbocycles. The van der Waals surface area contributed by atoms with E-state index in [4.69, 9.17) is 23.8 Å². The standard InChI is InChI=1S/C16H18ClN3S/c1-12-10-14(17)15(19-11-12)20-16(21)18-9-5-8-13-6-3-2-4-7-13/h2-4,6-7,10-11H,5,8-9H2,1H3,(H2,18,19,20,21). The molecule has 2 N–H and O–H groups in total. The summed E-state index contributed by atoms with van der Waals surface area (Å²) in [5.74, 6) is 0.586. The summed E-state index contributed by atoms with van der Waals surface area (Å²) in [5.41, 5.74) is 2.36. The minimum absolute atomic E-state index is 0.543. The molecule has 0 spiro atoms. The zero-order chi connectivity index (χ0) is 15.1.